The molecule has 0 unspecified atom stereocenters. The summed E-state index contributed by atoms with van der Waals surface area (Å²) in [7, 11) is -2.10. The molecule has 0 aromatic heterocycles. The lowest BCUT2D eigenvalue weighted by Crippen LogP contribution is -2.30. The smallest absolute Gasteiger partial charge is 0.250 e. The molecule has 8 nitrogen and oxygen atoms in total. The number of hydrogen-bond donors (Lipinski definition) is 1. The zero-order valence-corrected chi connectivity index (χ0v) is 16.6. The standard InChI is InChI=1S/C17H28N2O6S/c1-5-19(6-2)26(21,22)14-8-9-16(25-7-3)15(12-14)18-17(20)13-24-11-10-23-4/h8-9,12H,5-7,10-11,13H2,1-4H3,(H,18,20). The molecule has 0 saturated heterocycles. The molecule has 0 fully saturated rings. The summed E-state index contributed by atoms with van der Waals surface area (Å²) < 4.78 is 42.2. The van der Waals surface area contributed by atoms with E-state index < -0.39 is 15.9 Å². The van der Waals surface area contributed by atoms with Gasteiger partial charge in [0.1, 0.15) is 12.4 Å². The Morgan fingerprint density at radius 1 is 1.15 bits per heavy atom. The summed E-state index contributed by atoms with van der Waals surface area (Å²) in [4.78, 5) is 12.1. The van der Waals surface area contributed by atoms with E-state index in [1.165, 1.54) is 16.4 Å². The number of amides is 1. The Kier molecular flexibility index (Phi) is 9.57. The second kappa shape index (κ2) is 11.1. The number of rotatable bonds is 12. The molecular formula is C17H28N2O6S. The van der Waals surface area contributed by atoms with E-state index in [0.29, 0.717) is 44.3 Å². The summed E-state index contributed by atoms with van der Waals surface area (Å²) in [5, 5.41) is 2.65. The van der Waals surface area contributed by atoms with E-state index in [9.17, 15) is 13.2 Å². The number of nitrogens with one attached hydrogen (secondary N) is 1. The number of methoxy groups -OCH3 is 1. The maximum Gasteiger partial charge on any atom is 0.250 e. The third-order valence-electron chi connectivity index (χ3n) is 3.53. The van der Waals surface area contributed by atoms with E-state index in [1.807, 2.05) is 0 Å². The molecule has 0 saturated carbocycles. The number of carbonyl (C=O) groups is 1. The lowest BCUT2D eigenvalue weighted by Gasteiger charge is -2.20. The largest absolute Gasteiger partial charge is 0.492 e. The van der Waals surface area contributed by atoms with Crippen molar-refractivity contribution in [3.63, 3.8) is 0 Å². The maximum atomic E-state index is 12.7. The second-order valence-electron chi connectivity index (χ2n) is 5.27. The molecule has 0 bridgehead atoms. The monoisotopic (exact) mass is 388 g/mol. The van der Waals surface area contributed by atoms with Gasteiger partial charge in [-0.3, -0.25) is 4.79 Å². The van der Waals surface area contributed by atoms with Gasteiger partial charge in [0.05, 0.1) is 30.4 Å². The molecule has 148 valence electrons. The van der Waals surface area contributed by atoms with Crippen LogP contribution in [0.3, 0.4) is 0 Å². The van der Waals surface area contributed by atoms with Gasteiger partial charge in [-0.2, -0.15) is 4.31 Å². The van der Waals surface area contributed by atoms with E-state index >= 15 is 0 Å². The summed E-state index contributed by atoms with van der Waals surface area (Å²) >= 11 is 0. The molecule has 1 aromatic carbocycles. The number of benzene rings is 1. The highest BCUT2D eigenvalue weighted by atomic mass is 32.2. The number of anilines is 1. The minimum atomic E-state index is -3.64. The zero-order valence-electron chi connectivity index (χ0n) is 15.8. The summed E-state index contributed by atoms with van der Waals surface area (Å²) in [5.74, 6) is -0.00400. The molecule has 0 aliphatic heterocycles. The average molecular weight is 388 g/mol. The summed E-state index contributed by atoms with van der Waals surface area (Å²) in [6.07, 6.45) is 0. The number of carbonyl (C=O) groups excluding carboxylic acids is 1. The maximum absolute atomic E-state index is 12.7. The van der Waals surface area contributed by atoms with Crippen LogP contribution < -0.4 is 10.1 Å². The molecule has 9 heteroatoms. The molecule has 1 amide bonds. The number of sulfonamides is 1. The number of nitrogens with zero attached hydrogens (tertiary/aromatic N) is 1. The molecule has 0 aliphatic rings. The molecular weight excluding hydrogens is 360 g/mol. The van der Waals surface area contributed by atoms with Gasteiger partial charge in [-0.25, -0.2) is 8.42 Å². The second-order valence-corrected chi connectivity index (χ2v) is 7.21. The van der Waals surface area contributed by atoms with Crippen molar-refractivity contribution in [2.24, 2.45) is 0 Å². The fraction of sp³-hybridized carbons (Fsp3) is 0.588. The van der Waals surface area contributed by atoms with Crippen molar-refractivity contribution < 1.29 is 27.4 Å². The van der Waals surface area contributed by atoms with Crippen LogP contribution in [0.4, 0.5) is 5.69 Å². The fourth-order valence-corrected chi connectivity index (χ4v) is 3.74. The topological polar surface area (TPSA) is 94.2 Å². The quantitative estimate of drug-likeness (QED) is 0.548. The Balaban J connectivity index is 3.02. The van der Waals surface area contributed by atoms with Crippen LogP contribution in [0.5, 0.6) is 5.75 Å². The highest BCUT2D eigenvalue weighted by Crippen LogP contribution is 2.29. The van der Waals surface area contributed by atoms with Crippen molar-refractivity contribution in [3.05, 3.63) is 18.2 Å². The molecule has 0 radical (unpaired) electrons. The molecule has 1 N–H and O–H groups in total. The summed E-state index contributed by atoms with van der Waals surface area (Å²) in [6, 6.07) is 4.43. The highest BCUT2D eigenvalue weighted by Gasteiger charge is 2.23. The van der Waals surface area contributed by atoms with Crippen molar-refractivity contribution in [2.45, 2.75) is 25.7 Å². The van der Waals surface area contributed by atoms with Gasteiger partial charge in [-0.05, 0) is 25.1 Å². The van der Waals surface area contributed by atoms with Gasteiger partial charge in [0.15, 0.2) is 0 Å². The molecule has 1 aromatic rings. The van der Waals surface area contributed by atoms with Crippen molar-refractivity contribution in [2.75, 3.05) is 51.9 Å². The third kappa shape index (κ3) is 6.24. The van der Waals surface area contributed by atoms with Gasteiger partial charge in [0.25, 0.3) is 0 Å². The SMILES string of the molecule is CCOc1ccc(S(=O)(=O)N(CC)CC)cc1NC(=O)COCCOC. The molecule has 26 heavy (non-hydrogen) atoms. The molecule has 0 aliphatic carbocycles. The molecule has 0 heterocycles. The zero-order chi connectivity index (χ0) is 19.6. The van der Waals surface area contributed by atoms with Crippen LogP contribution in [0.25, 0.3) is 0 Å². The minimum absolute atomic E-state index is 0.0975. The van der Waals surface area contributed by atoms with Crippen LogP contribution in [0, 0.1) is 0 Å². The normalized spacial score (nSPS) is 11.6. The van der Waals surface area contributed by atoms with Gasteiger partial charge in [-0.15, -0.1) is 0 Å². The fourth-order valence-electron chi connectivity index (χ4n) is 2.25. The predicted molar refractivity (Wildman–Crippen MR) is 99.0 cm³/mol. The van der Waals surface area contributed by atoms with E-state index in [4.69, 9.17) is 14.2 Å². The first-order valence-corrected chi connectivity index (χ1v) is 9.98. The van der Waals surface area contributed by atoms with Crippen LogP contribution >= 0.6 is 0 Å². The van der Waals surface area contributed by atoms with Crippen LogP contribution in [0.15, 0.2) is 23.1 Å². The van der Waals surface area contributed by atoms with E-state index in [-0.39, 0.29) is 11.5 Å². The van der Waals surface area contributed by atoms with Crippen LogP contribution in [-0.4, -0.2) is 65.3 Å². The van der Waals surface area contributed by atoms with Crippen molar-refractivity contribution in [1.82, 2.24) is 4.31 Å². The molecule has 0 spiro atoms. The van der Waals surface area contributed by atoms with Crippen molar-refractivity contribution in [3.8, 4) is 5.75 Å². The lowest BCUT2D eigenvalue weighted by atomic mass is 10.3. The average Bonchev–Trinajstić information content (AvgIpc) is 2.61. The van der Waals surface area contributed by atoms with E-state index in [2.05, 4.69) is 5.32 Å². The number of ether oxygens (including phenoxy) is 3. The first-order valence-electron chi connectivity index (χ1n) is 8.54. The number of hydrogen-bond acceptors (Lipinski definition) is 6. The van der Waals surface area contributed by atoms with E-state index in [1.54, 1.807) is 33.9 Å². The van der Waals surface area contributed by atoms with Gasteiger partial charge < -0.3 is 19.5 Å². The van der Waals surface area contributed by atoms with Gasteiger partial charge in [0, 0.05) is 20.2 Å². The van der Waals surface area contributed by atoms with Crippen molar-refractivity contribution >= 4 is 21.6 Å². The highest BCUT2D eigenvalue weighted by molar-refractivity contribution is 7.89. The van der Waals surface area contributed by atoms with Crippen LogP contribution in [-0.2, 0) is 24.3 Å². The Hall–Kier alpha value is -1.68. The van der Waals surface area contributed by atoms with E-state index in [0.717, 1.165) is 0 Å². The predicted octanol–water partition coefficient (Wildman–Crippen LogP) is 1.72. The minimum Gasteiger partial charge on any atom is -0.492 e. The van der Waals surface area contributed by atoms with Crippen LogP contribution in [0.2, 0.25) is 0 Å². The first-order chi connectivity index (χ1) is 12.4. The Bertz CT molecular complexity index is 674. The Labute approximate surface area is 155 Å². The lowest BCUT2D eigenvalue weighted by molar-refractivity contribution is -0.121. The Morgan fingerprint density at radius 3 is 2.42 bits per heavy atom. The van der Waals surface area contributed by atoms with Gasteiger partial charge >= 0.3 is 0 Å². The summed E-state index contributed by atoms with van der Waals surface area (Å²) in [6.45, 7) is 6.97. The van der Waals surface area contributed by atoms with Crippen LogP contribution in [0.1, 0.15) is 20.8 Å². The molecule has 0 atom stereocenters. The first kappa shape index (κ1) is 22.4. The van der Waals surface area contributed by atoms with Crippen molar-refractivity contribution in [1.29, 1.82) is 0 Å². The Morgan fingerprint density at radius 2 is 1.85 bits per heavy atom. The summed E-state index contributed by atoms with van der Waals surface area (Å²) in [5.41, 5.74) is 0.292. The van der Waals surface area contributed by atoms with Gasteiger partial charge in [-0.1, -0.05) is 13.8 Å². The van der Waals surface area contributed by atoms with Gasteiger partial charge in [0.2, 0.25) is 15.9 Å². The third-order valence-corrected chi connectivity index (χ3v) is 5.58. The molecule has 1 rings (SSSR count).